The second kappa shape index (κ2) is 4.22. The zero-order chi connectivity index (χ0) is 10.9. The maximum absolute atomic E-state index is 10.4. The lowest BCUT2D eigenvalue weighted by Crippen LogP contribution is -2.27. The summed E-state index contributed by atoms with van der Waals surface area (Å²) in [7, 11) is 0. The SMILES string of the molecule is CC1CCC(O)(Cc2cncc(Br)c2)C1. The lowest BCUT2D eigenvalue weighted by atomic mass is 9.93. The molecule has 1 N–H and O–H groups in total. The van der Waals surface area contributed by atoms with E-state index >= 15 is 0 Å². The summed E-state index contributed by atoms with van der Waals surface area (Å²) in [4.78, 5) is 4.12. The van der Waals surface area contributed by atoms with E-state index in [1.54, 1.807) is 6.20 Å². The highest BCUT2D eigenvalue weighted by molar-refractivity contribution is 9.10. The van der Waals surface area contributed by atoms with Crippen LogP contribution in [0.3, 0.4) is 0 Å². The third kappa shape index (κ3) is 2.79. The normalized spacial score (nSPS) is 30.7. The van der Waals surface area contributed by atoms with Gasteiger partial charge < -0.3 is 5.11 Å². The van der Waals surface area contributed by atoms with Crippen LogP contribution in [0.1, 0.15) is 31.7 Å². The van der Waals surface area contributed by atoms with E-state index in [0.29, 0.717) is 5.92 Å². The van der Waals surface area contributed by atoms with Gasteiger partial charge in [0.1, 0.15) is 0 Å². The monoisotopic (exact) mass is 269 g/mol. The fourth-order valence-electron chi connectivity index (χ4n) is 2.46. The Labute approximate surface area is 98.9 Å². The van der Waals surface area contributed by atoms with E-state index in [0.717, 1.165) is 35.7 Å². The van der Waals surface area contributed by atoms with Crippen LogP contribution >= 0.6 is 15.9 Å². The van der Waals surface area contributed by atoms with Crippen LogP contribution in [0.4, 0.5) is 0 Å². The Hall–Kier alpha value is -0.410. The van der Waals surface area contributed by atoms with Crippen LogP contribution in [0, 0.1) is 5.92 Å². The molecule has 1 aliphatic rings. The van der Waals surface area contributed by atoms with Crippen LogP contribution < -0.4 is 0 Å². The summed E-state index contributed by atoms with van der Waals surface area (Å²) >= 11 is 3.40. The molecular weight excluding hydrogens is 254 g/mol. The van der Waals surface area contributed by atoms with Gasteiger partial charge in [-0.15, -0.1) is 0 Å². The molecule has 2 unspecified atom stereocenters. The zero-order valence-corrected chi connectivity index (χ0v) is 10.5. The van der Waals surface area contributed by atoms with Crippen molar-refractivity contribution in [1.29, 1.82) is 0 Å². The lowest BCUT2D eigenvalue weighted by Gasteiger charge is -2.22. The minimum Gasteiger partial charge on any atom is -0.390 e. The van der Waals surface area contributed by atoms with Crippen LogP contribution in [0.5, 0.6) is 0 Å². The number of hydrogen-bond acceptors (Lipinski definition) is 2. The molecule has 1 aliphatic carbocycles. The predicted octanol–water partition coefficient (Wildman–Crippen LogP) is 2.94. The van der Waals surface area contributed by atoms with Gasteiger partial charge in [-0.2, -0.15) is 0 Å². The number of rotatable bonds is 2. The minimum atomic E-state index is -0.498. The van der Waals surface area contributed by atoms with Gasteiger partial charge in [0, 0.05) is 23.3 Å². The average molecular weight is 270 g/mol. The molecule has 2 nitrogen and oxygen atoms in total. The van der Waals surface area contributed by atoms with Gasteiger partial charge in [0.2, 0.25) is 0 Å². The van der Waals surface area contributed by atoms with Gasteiger partial charge in [-0.1, -0.05) is 6.92 Å². The highest BCUT2D eigenvalue weighted by Gasteiger charge is 2.35. The van der Waals surface area contributed by atoms with E-state index in [9.17, 15) is 5.11 Å². The fraction of sp³-hybridized carbons (Fsp3) is 0.583. The highest BCUT2D eigenvalue weighted by Crippen LogP contribution is 2.36. The second-order valence-corrected chi connectivity index (χ2v) is 5.68. The molecular formula is C12H16BrNO. The molecule has 0 amide bonds. The van der Waals surface area contributed by atoms with Crippen LogP contribution in [0.15, 0.2) is 22.9 Å². The molecule has 1 aromatic rings. The van der Waals surface area contributed by atoms with Crippen molar-refractivity contribution >= 4 is 15.9 Å². The molecule has 0 aliphatic heterocycles. The maximum Gasteiger partial charge on any atom is 0.0691 e. The summed E-state index contributed by atoms with van der Waals surface area (Å²) < 4.78 is 0.981. The van der Waals surface area contributed by atoms with Crippen LogP contribution in [-0.4, -0.2) is 15.7 Å². The average Bonchev–Trinajstić information content (AvgIpc) is 2.45. The van der Waals surface area contributed by atoms with E-state index in [-0.39, 0.29) is 0 Å². The Bertz CT molecular complexity index is 355. The van der Waals surface area contributed by atoms with Crippen molar-refractivity contribution in [3.05, 3.63) is 28.5 Å². The van der Waals surface area contributed by atoms with E-state index < -0.39 is 5.60 Å². The molecule has 0 aromatic carbocycles. The molecule has 2 rings (SSSR count). The number of aromatic nitrogens is 1. The Balaban J connectivity index is 2.08. The standard InChI is InChI=1S/C12H16BrNO/c1-9-2-3-12(15,5-9)6-10-4-11(13)8-14-7-10/h4,7-9,15H,2-3,5-6H2,1H3. The van der Waals surface area contributed by atoms with E-state index in [2.05, 4.69) is 27.8 Å². The number of nitrogens with zero attached hydrogens (tertiary/aromatic N) is 1. The summed E-state index contributed by atoms with van der Waals surface area (Å²) in [6.07, 6.45) is 7.30. The summed E-state index contributed by atoms with van der Waals surface area (Å²) in [6.45, 7) is 2.21. The second-order valence-electron chi connectivity index (χ2n) is 4.76. The van der Waals surface area contributed by atoms with Crippen LogP contribution in [0.2, 0.25) is 0 Å². The molecule has 82 valence electrons. The van der Waals surface area contributed by atoms with Gasteiger partial charge in [-0.3, -0.25) is 4.98 Å². The summed E-state index contributed by atoms with van der Waals surface area (Å²) in [5.74, 6) is 0.648. The van der Waals surface area contributed by atoms with Crippen molar-refractivity contribution in [2.75, 3.05) is 0 Å². The third-order valence-electron chi connectivity index (χ3n) is 3.13. The number of aliphatic hydroxyl groups is 1. The molecule has 1 fully saturated rings. The van der Waals surface area contributed by atoms with Gasteiger partial charge in [-0.25, -0.2) is 0 Å². The molecule has 2 atom stereocenters. The first-order valence-corrected chi connectivity index (χ1v) is 6.18. The summed E-state index contributed by atoms with van der Waals surface area (Å²) in [5, 5.41) is 10.4. The predicted molar refractivity (Wildman–Crippen MR) is 63.6 cm³/mol. The number of pyridine rings is 1. The van der Waals surface area contributed by atoms with E-state index in [1.165, 1.54) is 0 Å². The van der Waals surface area contributed by atoms with Crippen LogP contribution in [0.25, 0.3) is 0 Å². The number of halogens is 1. The molecule has 0 radical (unpaired) electrons. The molecule has 1 saturated carbocycles. The molecule has 0 spiro atoms. The topological polar surface area (TPSA) is 33.1 Å². The maximum atomic E-state index is 10.4. The van der Waals surface area contributed by atoms with Gasteiger partial charge in [0.25, 0.3) is 0 Å². The summed E-state index contributed by atoms with van der Waals surface area (Å²) in [6, 6.07) is 2.04. The molecule has 3 heteroatoms. The first kappa shape index (κ1) is 11.1. The lowest BCUT2D eigenvalue weighted by molar-refractivity contribution is 0.0445. The molecule has 0 saturated heterocycles. The van der Waals surface area contributed by atoms with Crippen molar-refractivity contribution in [3.63, 3.8) is 0 Å². The Morgan fingerprint density at radius 1 is 1.60 bits per heavy atom. The van der Waals surface area contributed by atoms with Crippen molar-refractivity contribution in [2.24, 2.45) is 5.92 Å². The fourth-order valence-corrected chi connectivity index (χ4v) is 2.87. The van der Waals surface area contributed by atoms with Crippen molar-refractivity contribution < 1.29 is 5.11 Å². The largest absolute Gasteiger partial charge is 0.390 e. The quantitative estimate of drug-likeness (QED) is 0.896. The Morgan fingerprint density at radius 2 is 2.40 bits per heavy atom. The van der Waals surface area contributed by atoms with Crippen molar-refractivity contribution in [2.45, 2.75) is 38.2 Å². The van der Waals surface area contributed by atoms with Gasteiger partial charge in [0.15, 0.2) is 0 Å². The molecule has 1 heterocycles. The Morgan fingerprint density at radius 3 is 3.00 bits per heavy atom. The first-order chi connectivity index (χ1) is 7.07. The Kier molecular flexibility index (Phi) is 3.12. The van der Waals surface area contributed by atoms with Crippen molar-refractivity contribution in [3.8, 4) is 0 Å². The molecule has 0 bridgehead atoms. The van der Waals surface area contributed by atoms with Gasteiger partial charge >= 0.3 is 0 Å². The van der Waals surface area contributed by atoms with E-state index in [4.69, 9.17) is 0 Å². The zero-order valence-electron chi connectivity index (χ0n) is 8.91. The van der Waals surface area contributed by atoms with Crippen molar-refractivity contribution in [1.82, 2.24) is 4.98 Å². The molecule has 1 aromatic heterocycles. The minimum absolute atomic E-state index is 0.498. The third-order valence-corrected chi connectivity index (χ3v) is 3.56. The van der Waals surface area contributed by atoms with E-state index in [1.807, 2.05) is 12.3 Å². The molecule has 15 heavy (non-hydrogen) atoms. The first-order valence-electron chi connectivity index (χ1n) is 5.39. The van der Waals surface area contributed by atoms with Gasteiger partial charge in [0.05, 0.1) is 5.60 Å². The van der Waals surface area contributed by atoms with Crippen LogP contribution in [-0.2, 0) is 6.42 Å². The number of hydrogen-bond donors (Lipinski definition) is 1. The highest BCUT2D eigenvalue weighted by atomic mass is 79.9. The summed E-state index contributed by atoms with van der Waals surface area (Å²) in [5.41, 5.74) is 0.614. The van der Waals surface area contributed by atoms with Gasteiger partial charge in [-0.05, 0) is 52.7 Å². The smallest absolute Gasteiger partial charge is 0.0691 e.